The SMILES string of the molecule is CN(C)C(=NCc1ccccc1S(=O)(=O)N1CCCCC1)N(C)C.I. The number of rotatable bonds is 4. The molecule has 1 aromatic rings. The molecule has 8 heteroatoms. The van der Waals surface area contributed by atoms with Gasteiger partial charge in [-0.15, -0.1) is 24.0 Å². The lowest BCUT2D eigenvalue weighted by Gasteiger charge is -2.27. The van der Waals surface area contributed by atoms with Crippen LogP contribution in [-0.4, -0.2) is 69.8 Å². The Balaban J connectivity index is 0.00000312. The first-order valence-corrected chi connectivity index (χ1v) is 9.75. The summed E-state index contributed by atoms with van der Waals surface area (Å²) < 4.78 is 27.6. The van der Waals surface area contributed by atoms with Crippen molar-refractivity contribution in [3.05, 3.63) is 29.8 Å². The van der Waals surface area contributed by atoms with Gasteiger partial charge in [0.05, 0.1) is 11.4 Å². The fourth-order valence-corrected chi connectivity index (χ4v) is 4.70. The van der Waals surface area contributed by atoms with Crippen LogP contribution in [0.3, 0.4) is 0 Å². The Bertz CT molecular complexity index is 674. The third kappa shape index (κ3) is 5.55. The second kappa shape index (κ2) is 9.72. The third-order valence-corrected chi connectivity index (χ3v) is 6.10. The lowest BCUT2D eigenvalue weighted by molar-refractivity contribution is 0.346. The predicted molar refractivity (Wildman–Crippen MR) is 113 cm³/mol. The van der Waals surface area contributed by atoms with Gasteiger partial charge < -0.3 is 9.80 Å². The van der Waals surface area contributed by atoms with Gasteiger partial charge in [0.15, 0.2) is 5.96 Å². The Morgan fingerprint density at radius 2 is 1.60 bits per heavy atom. The van der Waals surface area contributed by atoms with Gasteiger partial charge in [0.2, 0.25) is 10.0 Å². The summed E-state index contributed by atoms with van der Waals surface area (Å²) in [6, 6.07) is 7.19. The molecule has 1 aromatic carbocycles. The van der Waals surface area contributed by atoms with Gasteiger partial charge in [-0.25, -0.2) is 13.4 Å². The Morgan fingerprint density at radius 1 is 1.04 bits per heavy atom. The van der Waals surface area contributed by atoms with Gasteiger partial charge >= 0.3 is 0 Å². The summed E-state index contributed by atoms with van der Waals surface area (Å²) in [7, 11) is 4.26. The molecule has 1 fully saturated rings. The predicted octanol–water partition coefficient (Wildman–Crippen LogP) is 2.46. The minimum Gasteiger partial charge on any atom is -0.349 e. The van der Waals surface area contributed by atoms with Gasteiger partial charge in [-0.1, -0.05) is 24.6 Å². The van der Waals surface area contributed by atoms with Crippen LogP contribution in [0.25, 0.3) is 0 Å². The van der Waals surface area contributed by atoms with E-state index in [4.69, 9.17) is 0 Å². The van der Waals surface area contributed by atoms with Gasteiger partial charge in [-0.3, -0.25) is 0 Å². The lowest BCUT2D eigenvalue weighted by Crippen LogP contribution is -2.36. The van der Waals surface area contributed by atoms with E-state index in [0.717, 1.165) is 30.8 Å². The maximum atomic E-state index is 13.0. The molecule has 1 aliphatic rings. The molecule has 0 unspecified atom stereocenters. The quantitative estimate of drug-likeness (QED) is 0.378. The first kappa shape index (κ1) is 22.2. The standard InChI is InChI=1S/C17H28N4O2S.HI/c1-19(2)17(20(3)4)18-14-15-10-6-7-11-16(15)24(22,23)21-12-8-5-9-13-21;/h6-7,10-11H,5,8-9,12-14H2,1-4H3;1H. The van der Waals surface area contributed by atoms with Gasteiger partial charge in [-0.05, 0) is 24.5 Å². The molecule has 0 radical (unpaired) electrons. The molecule has 6 nitrogen and oxygen atoms in total. The zero-order chi connectivity index (χ0) is 17.7. The second-order valence-corrected chi connectivity index (χ2v) is 8.38. The molecular weight excluding hydrogens is 451 g/mol. The van der Waals surface area contributed by atoms with Crippen LogP contribution >= 0.6 is 24.0 Å². The highest BCUT2D eigenvalue weighted by molar-refractivity contribution is 14.0. The van der Waals surface area contributed by atoms with Crippen LogP contribution in [-0.2, 0) is 16.6 Å². The van der Waals surface area contributed by atoms with E-state index in [1.165, 1.54) is 0 Å². The van der Waals surface area contributed by atoms with Crippen molar-refractivity contribution in [1.82, 2.24) is 14.1 Å². The van der Waals surface area contributed by atoms with Gasteiger partial charge in [-0.2, -0.15) is 4.31 Å². The van der Waals surface area contributed by atoms with Crippen molar-refractivity contribution >= 4 is 40.0 Å². The molecule has 25 heavy (non-hydrogen) atoms. The van der Waals surface area contributed by atoms with Gasteiger partial charge in [0.25, 0.3) is 0 Å². The number of halogens is 1. The third-order valence-electron chi connectivity index (χ3n) is 4.10. The molecule has 142 valence electrons. The second-order valence-electron chi connectivity index (χ2n) is 6.48. The van der Waals surface area contributed by atoms with Crippen molar-refractivity contribution in [2.45, 2.75) is 30.7 Å². The lowest BCUT2D eigenvalue weighted by atomic mass is 10.2. The summed E-state index contributed by atoms with van der Waals surface area (Å²) in [5.74, 6) is 0.806. The van der Waals surface area contributed by atoms with Crippen LogP contribution in [0, 0.1) is 0 Å². The van der Waals surface area contributed by atoms with E-state index in [-0.39, 0.29) is 24.0 Å². The van der Waals surface area contributed by atoms with Crippen LogP contribution in [0.1, 0.15) is 24.8 Å². The topological polar surface area (TPSA) is 56.2 Å². The van der Waals surface area contributed by atoms with Gasteiger partial charge in [0, 0.05) is 41.3 Å². The molecular formula is C17H29IN4O2S. The summed E-state index contributed by atoms with van der Waals surface area (Å²) in [4.78, 5) is 8.82. The molecule has 1 saturated heterocycles. The van der Waals surface area contributed by atoms with Crippen molar-refractivity contribution < 1.29 is 8.42 Å². The Kier molecular flexibility index (Phi) is 8.62. The van der Waals surface area contributed by atoms with Crippen LogP contribution < -0.4 is 0 Å². The van der Waals surface area contributed by atoms with Crippen LogP contribution in [0.2, 0.25) is 0 Å². The molecule has 0 amide bonds. The highest BCUT2D eigenvalue weighted by Crippen LogP contribution is 2.24. The van der Waals surface area contributed by atoms with E-state index in [2.05, 4.69) is 4.99 Å². The molecule has 1 heterocycles. The fourth-order valence-electron chi connectivity index (χ4n) is 2.97. The van der Waals surface area contributed by atoms with E-state index in [1.807, 2.05) is 50.1 Å². The summed E-state index contributed by atoms with van der Waals surface area (Å²) in [6.07, 6.45) is 2.98. The zero-order valence-corrected chi connectivity index (χ0v) is 18.6. The first-order chi connectivity index (χ1) is 11.3. The molecule has 0 aliphatic carbocycles. The van der Waals surface area contributed by atoms with Crippen molar-refractivity contribution in [2.75, 3.05) is 41.3 Å². The van der Waals surface area contributed by atoms with E-state index in [1.54, 1.807) is 16.4 Å². The largest absolute Gasteiger partial charge is 0.349 e. The minimum absolute atomic E-state index is 0. The van der Waals surface area contributed by atoms with Crippen molar-refractivity contribution in [2.24, 2.45) is 4.99 Å². The molecule has 0 spiro atoms. The fraction of sp³-hybridized carbons (Fsp3) is 0.588. The minimum atomic E-state index is -3.44. The molecule has 0 bridgehead atoms. The van der Waals surface area contributed by atoms with Crippen LogP contribution in [0.15, 0.2) is 34.2 Å². The highest BCUT2D eigenvalue weighted by atomic mass is 127. The first-order valence-electron chi connectivity index (χ1n) is 8.31. The van der Waals surface area contributed by atoms with E-state index in [9.17, 15) is 8.42 Å². The van der Waals surface area contributed by atoms with Crippen molar-refractivity contribution in [1.29, 1.82) is 0 Å². The van der Waals surface area contributed by atoms with Crippen LogP contribution in [0.5, 0.6) is 0 Å². The van der Waals surface area contributed by atoms with Crippen molar-refractivity contribution in [3.8, 4) is 0 Å². The molecule has 1 aliphatic heterocycles. The number of aliphatic imine (C=N–C) groups is 1. The average molecular weight is 480 g/mol. The number of hydrogen-bond donors (Lipinski definition) is 0. The maximum Gasteiger partial charge on any atom is 0.243 e. The summed E-state index contributed by atoms with van der Waals surface area (Å²) in [6.45, 7) is 1.57. The highest BCUT2D eigenvalue weighted by Gasteiger charge is 2.27. The monoisotopic (exact) mass is 480 g/mol. The molecule has 0 saturated carbocycles. The smallest absolute Gasteiger partial charge is 0.243 e. The number of nitrogens with zero attached hydrogens (tertiary/aromatic N) is 4. The van der Waals surface area contributed by atoms with E-state index in [0.29, 0.717) is 24.5 Å². The Morgan fingerprint density at radius 3 is 2.16 bits per heavy atom. The number of sulfonamides is 1. The molecule has 2 rings (SSSR count). The van der Waals surface area contributed by atoms with E-state index < -0.39 is 10.0 Å². The average Bonchev–Trinajstić information content (AvgIpc) is 2.55. The normalized spacial score (nSPS) is 15.2. The van der Waals surface area contributed by atoms with Crippen molar-refractivity contribution in [3.63, 3.8) is 0 Å². The molecule has 0 N–H and O–H groups in total. The maximum absolute atomic E-state index is 13.0. The Hall–Kier alpha value is -0.870. The van der Waals surface area contributed by atoms with Crippen LogP contribution in [0.4, 0.5) is 0 Å². The summed E-state index contributed by atoms with van der Waals surface area (Å²) in [5, 5.41) is 0. The summed E-state index contributed by atoms with van der Waals surface area (Å²) >= 11 is 0. The number of benzene rings is 1. The Labute approximate surface area is 169 Å². The number of guanidine groups is 1. The molecule has 0 aromatic heterocycles. The van der Waals surface area contributed by atoms with E-state index >= 15 is 0 Å². The summed E-state index contributed by atoms with van der Waals surface area (Å²) in [5.41, 5.74) is 0.740. The number of piperidine rings is 1. The zero-order valence-electron chi connectivity index (χ0n) is 15.5. The molecule has 0 atom stereocenters. The number of hydrogen-bond acceptors (Lipinski definition) is 3. The van der Waals surface area contributed by atoms with Gasteiger partial charge in [0.1, 0.15) is 0 Å².